The first kappa shape index (κ1) is 24.0. The number of hydrogen-bond acceptors (Lipinski definition) is 6. The lowest BCUT2D eigenvalue weighted by atomic mass is 10.2. The summed E-state index contributed by atoms with van der Waals surface area (Å²) in [6, 6.07) is 0.701. The average molecular weight is 366 g/mol. The van der Waals surface area contributed by atoms with Gasteiger partial charge in [0.05, 0.1) is 6.10 Å². The Morgan fingerprint density at radius 1 is 0.917 bits per heavy atom. The van der Waals surface area contributed by atoms with Crippen LogP contribution in [0.25, 0.3) is 0 Å². The third kappa shape index (κ3) is 8.89. The van der Waals surface area contributed by atoms with Gasteiger partial charge in [0.1, 0.15) is 6.23 Å². The molecule has 1 N–H and O–H groups in total. The van der Waals surface area contributed by atoms with Crippen molar-refractivity contribution in [1.82, 2.24) is 4.90 Å². The first-order valence-corrected chi connectivity index (χ1v) is 11.1. The standard InChI is InChI=1S/C17H39NO5Si/c1-7-9-12-18(13-10-8-2)17(16(3)19)23-14-11-15-24(20-4,21-5)22-6/h16-17,19H,7-15H2,1-6H3. The molecule has 146 valence electrons. The summed E-state index contributed by atoms with van der Waals surface area (Å²) in [4.78, 5) is 2.27. The second kappa shape index (κ2) is 14.2. The van der Waals surface area contributed by atoms with Crippen molar-refractivity contribution < 1.29 is 23.1 Å². The van der Waals surface area contributed by atoms with Crippen molar-refractivity contribution in [3.63, 3.8) is 0 Å². The van der Waals surface area contributed by atoms with Crippen molar-refractivity contribution in [3.8, 4) is 0 Å². The molecule has 24 heavy (non-hydrogen) atoms. The Morgan fingerprint density at radius 3 is 1.79 bits per heavy atom. The van der Waals surface area contributed by atoms with Crippen LogP contribution in [0.2, 0.25) is 6.04 Å². The minimum absolute atomic E-state index is 0.258. The lowest BCUT2D eigenvalue weighted by molar-refractivity contribution is -0.120. The summed E-state index contributed by atoms with van der Waals surface area (Å²) in [7, 11) is 2.32. The van der Waals surface area contributed by atoms with E-state index in [2.05, 4.69) is 18.7 Å². The Kier molecular flexibility index (Phi) is 14.2. The summed E-state index contributed by atoms with van der Waals surface area (Å²) < 4.78 is 22.3. The summed E-state index contributed by atoms with van der Waals surface area (Å²) in [6.45, 7) is 8.63. The maximum Gasteiger partial charge on any atom is 0.500 e. The average Bonchev–Trinajstić information content (AvgIpc) is 2.59. The predicted octanol–water partition coefficient (Wildman–Crippen LogP) is 2.88. The van der Waals surface area contributed by atoms with Gasteiger partial charge in [-0.15, -0.1) is 0 Å². The van der Waals surface area contributed by atoms with Crippen molar-refractivity contribution in [3.05, 3.63) is 0 Å². The number of aliphatic hydroxyl groups is 1. The lowest BCUT2D eigenvalue weighted by Gasteiger charge is -2.33. The molecular weight excluding hydrogens is 326 g/mol. The molecule has 0 heterocycles. The number of aliphatic hydroxyl groups excluding tert-OH is 1. The zero-order valence-corrected chi connectivity index (χ0v) is 17.5. The Morgan fingerprint density at radius 2 is 1.42 bits per heavy atom. The van der Waals surface area contributed by atoms with Gasteiger partial charge in [-0.2, -0.15) is 0 Å². The molecule has 0 radical (unpaired) electrons. The molecule has 0 aliphatic heterocycles. The van der Waals surface area contributed by atoms with E-state index in [1.54, 1.807) is 28.3 Å². The molecule has 0 aromatic rings. The molecule has 0 aromatic carbocycles. The quantitative estimate of drug-likeness (QED) is 0.258. The summed E-state index contributed by atoms with van der Waals surface area (Å²) in [5, 5.41) is 10.1. The largest absolute Gasteiger partial charge is 0.500 e. The van der Waals surface area contributed by atoms with Crippen LogP contribution in [-0.4, -0.2) is 72.2 Å². The number of ether oxygens (including phenoxy) is 1. The van der Waals surface area contributed by atoms with Crippen molar-refractivity contribution >= 4 is 8.80 Å². The van der Waals surface area contributed by atoms with Crippen LogP contribution in [0.4, 0.5) is 0 Å². The van der Waals surface area contributed by atoms with Crippen LogP contribution in [0.1, 0.15) is 52.9 Å². The van der Waals surface area contributed by atoms with Crippen LogP contribution < -0.4 is 0 Å². The number of nitrogens with zero attached hydrogens (tertiary/aromatic N) is 1. The second-order valence-electron chi connectivity index (χ2n) is 6.14. The van der Waals surface area contributed by atoms with E-state index in [0.717, 1.165) is 45.2 Å². The van der Waals surface area contributed by atoms with Crippen LogP contribution in [-0.2, 0) is 18.0 Å². The van der Waals surface area contributed by atoms with Crippen LogP contribution in [0.15, 0.2) is 0 Å². The van der Waals surface area contributed by atoms with Crippen molar-refractivity contribution in [2.24, 2.45) is 0 Å². The van der Waals surface area contributed by atoms with Crippen molar-refractivity contribution in [2.75, 3.05) is 41.0 Å². The highest BCUT2D eigenvalue weighted by atomic mass is 28.4. The van der Waals surface area contributed by atoms with Gasteiger partial charge in [0.15, 0.2) is 0 Å². The molecule has 0 spiro atoms. The van der Waals surface area contributed by atoms with E-state index in [1.165, 1.54) is 0 Å². The molecule has 0 aliphatic rings. The van der Waals surface area contributed by atoms with Gasteiger partial charge in [-0.05, 0) is 26.2 Å². The van der Waals surface area contributed by atoms with E-state index in [-0.39, 0.29) is 6.23 Å². The Bertz CT molecular complexity index is 274. The molecular formula is C17H39NO5Si. The normalized spacial score (nSPS) is 15.0. The fourth-order valence-electron chi connectivity index (χ4n) is 2.69. The molecule has 0 saturated heterocycles. The highest BCUT2D eigenvalue weighted by Gasteiger charge is 2.37. The van der Waals surface area contributed by atoms with E-state index < -0.39 is 14.9 Å². The molecule has 0 aromatic heterocycles. The highest BCUT2D eigenvalue weighted by molar-refractivity contribution is 6.60. The fraction of sp³-hybridized carbons (Fsp3) is 1.00. The third-order valence-corrected chi connectivity index (χ3v) is 7.05. The van der Waals surface area contributed by atoms with Crippen LogP contribution in [0.3, 0.4) is 0 Å². The maximum absolute atomic E-state index is 10.1. The van der Waals surface area contributed by atoms with Crippen molar-refractivity contribution in [1.29, 1.82) is 0 Å². The maximum atomic E-state index is 10.1. The summed E-state index contributed by atoms with van der Waals surface area (Å²) in [6.07, 6.45) is 4.50. The molecule has 2 unspecified atom stereocenters. The van der Waals surface area contributed by atoms with Gasteiger partial charge in [0, 0.05) is 47.1 Å². The van der Waals surface area contributed by atoms with Gasteiger partial charge >= 0.3 is 8.80 Å². The van der Waals surface area contributed by atoms with E-state index in [4.69, 9.17) is 18.0 Å². The van der Waals surface area contributed by atoms with Gasteiger partial charge in [-0.1, -0.05) is 26.7 Å². The molecule has 0 saturated carbocycles. The van der Waals surface area contributed by atoms with Gasteiger partial charge in [0.25, 0.3) is 0 Å². The molecule has 0 bridgehead atoms. The SMILES string of the molecule is CCCCN(CCCC)C(OCCC[Si](OC)(OC)OC)C(C)O. The monoisotopic (exact) mass is 365 g/mol. The van der Waals surface area contributed by atoms with Gasteiger partial charge in [0.2, 0.25) is 0 Å². The smallest absolute Gasteiger partial charge is 0.389 e. The molecule has 7 heteroatoms. The van der Waals surface area contributed by atoms with Gasteiger partial charge in [-0.3, -0.25) is 4.90 Å². The lowest BCUT2D eigenvalue weighted by Crippen LogP contribution is -2.46. The Labute approximate surface area is 149 Å². The molecule has 2 atom stereocenters. The van der Waals surface area contributed by atoms with E-state index in [9.17, 15) is 5.11 Å². The van der Waals surface area contributed by atoms with Crippen LogP contribution in [0.5, 0.6) is 0 Å². The van der Waals surface area contributed by atoms with Crippen LogP contribution in [0, 0.1) is 0 Å². The molecule has 0 aliphatic carbocycles. The van der Waals surface area contributed by atoms with Gasteiger partial charge < -0.3 is 23.1 Å². The zero-order valence-electron chi connectivity index (χ0n) is 16.5. The fourth-order valence-corrected chi connectivity index (χ4v) is 4.38. The minimum atomic E-state index is -2.54. The van der Waals surface area contributed by atoms with Gasteiger partial charge in [-0.25, -0.2) is 0 Å². The number of hydrogen-bond donors (Lipinski definition) is 1. The number of rotatable bonds is 16. The first-order valence-electron chi connectivity index (χ1n) is 9.19. The summed E-state index contributed by atoms with van der Waals surface area (Å²) >= 11 is 0. The van der Waals surface area contributed by atoms with E-state index in [1.807, 2.05) is 0 Å². The van der Waals surface area contributed by atoms with Crippen LogP contribution >= 0.6 is 0 Å². The summed E-state index contributed by atoms with van der Waals surface area (Å²) in [5.74, 6) is 0. The Balaban J connectivity index is 4.53. The van der Waals surface area contributed by atoms with Crippen molar-refractivity contribution in [2.45, 2.75) is 71.3 Å². The number of unbranched alkanes of at least 4 members (excludes halogenated alkanes) is 2. The van der Waals surface area contributed by atoms with E-state index >= 15 is 0 Å². The second-order valence-corrected chi connectivity index (χ2v) is 9.23. The minimum Gasteiger partial charge on any atom is -0.389 e. The third-order valence-electron chi connectivity index (χ3n) is 4.22. The topological polar surface area (TPSA) is 60.4 Å². The molecule has 6 nitrogen and oxygen atoms in total. The molecule has 0 fully saturated rings. The zero-order chi connectivity index (χ0) is 18.4. The predicted molar refractivity (Wildman–Crippen MR) is 99.0 cm³/mol. The first-order chi connectivity index (χ1) is 11.5. The summed E-state index contributed by atoms with van der Waals surface area (Å²) in [5.41, 5.74) is 0. The molecule has 0 amide bonds. The molecule has 0 rings (SSSR count). The Hall–Kier alpha value is -0.0231. The highest BCUT2D eigenvalue weighted by Crippen LogP contribution is 2.17. The van der Waals surface area contributed by atoms with E-state index in [0.29, 0.717) is 12.7 Å².